The molecule has 34 heavy (non-hydrogen) atoms. The second-order valence-corrected chi connectivity index (χ2v) is 8.25. The minimum absolute atomic E-state index is 0.0572. The molecule has 1 amide bonds. The van der Waals surface area contributed by atoms with E-state index in [0.29, 0.717) is 36.6 Å². The van der Waals surface area contributed by atoms with Crippen molar-refractivity contribution in [2.45, 2.75) is 59.4 Å². The molecule has 1 aromatic heterocycles. The highest BCUT2D eigenvalue weighted by Crippen LogP contribution is 2.28. The highest BCUT2D eigenvalue weighted by atomic mass is 16.5. The summed E-state index contributed by atoms with van der Waals surface area (Å²) in [6.07, 6.45) is 3.31. The average molecular weight is 473 g/mol. The standard InChI is InChI=1S/C26H36N2O6/c1-18-15-22(23(30)17-34-26(31)9-7-6-8-13-27-20(3)29)19(2)28(18)14-12-21-10-11-24(32-4)25(16-21)33-5/h10-11,15-16H,6-9,12-14,17H2,1-5H3,(H,27,29). The Kier molecular flexibility index (Phi) is 10.6. The quantitative estimate of drug-likeness (QED) is 0.255. The number of aromatic nitrogens is 1. The number of methoxy groups -OCH3 is 2. The second kappa shape index (κ2) is 13.4. The van der Waals surface area contributed by atoms with Crippen molar-refractivity contribution in [2.75, 3.05) is 27.4 Å². The van der Waals surface area contributed by atoms with Gasteiger partial charge in [-0.25, -0.2) is 0 Å². The van der Waals surface area contributed by atoms with E-state index in [0.717, 1.165) is 36.2 Å². The van der Waals surface area contributed by atoms with Crippen LogP contribution >= 0.6 is 0 Å². The summed E-state index contributed by atoms with van der Waals surface area (Å²) in [7, 11) is 3.22. The number of carbonyl (C=O) groups excluding carboxylic acids is 3. The number of hydrogen-bond acceptors (Lipinski definition) is 6. The Bertz CT molecular complexity index is 995. The van der Waals surface area contributed by atoms with Gasteiger partial charge in [-0.15, -0.1) is 0 Å². The fraction of sp³-hybridized carbons (Fsp3) is 0.500. The number of carbonyl (C=O) groups is 3. The first-order chi connectivity index (χ1) is 16.3. The summed E-state index contributed by atoms with van der Waals surface area (Å²) >= 11 is 0. The van der Waals surface area contributed by atoms with Gasteiger partial charge in [-0.1, -0.05) is 12.5 Å². The zero-order chi connectivity index (χ0) is 25.1. The Labute approximate surface area is 201 Å². The number of nitrogens with zero attached hydrogens (tertiary/aromatic N) is 1. The van der Waals surface area contributed by atoms with E-state index in [9.17, 15) is 14.4 Å². The average Bonchev–Trinajstić information content (AvgIpc) is 3.11. The number of rotatable bonds is 14. The van der Waals surface area contributed by atoms with Crippen molar-refractivity contribution in [1.29, 1.82) is 0 Å². The van der Waals surface area contributed by atoms with Crippen LogP contribution in [0.15, 0.2) is 24.3 Å². The van der Waals surface area contributed by atoms with Crippen molar-refractivity contribution in [2.24, 2.45) is 0 Å². The topological polar surface area (TPSA) is 95.9 Å². The Morgan fingerprint density at radius 3 is 2.38 bits per heavy atom. The van der Waals surface area contributed by atoms with Crippen LogP contribution in [0.3, 0.4) is 0 Å². The Morgan fingerprint density at radius 1 is 0.971 bits per heavy atom. The largest absolute Gasteiger partial charge is 0.493 e. The summed E-state index contributed by atoms with van der Waals surface area (Å²) in [5.41, 5.74) is 3.51. The Hall–Kier alpha value is -3.29. The maximum absolute atomic E-state index is 12.7. The van der Waals surface area contributed by atoms with E-state index in [1.807, 2.05) is 38.1 Å². The van der Waals surface area contributed by atoms with Gasteiger partial charge in [-0.05, 0) is 56.9 Å². The van der Waals surface area contributed by atoms with Gasteiger partial charge in [0, 0.05) is 43.4 Å². The number of benzene rings is 1. The van der Waals surface area contributed by atoms with Crippen LogP contribution < -0.4 is 14.8 Å². The number of esters is 1. The number of ether oxygens (including phenoxy) is 3. The molecule has 0 aliphatic carbocycles. The maximum atomic E-state index is 12.7. The van der Waals surface area contributed by atoms with Gasteiger partial charge in [0.1, 0.15) is 0 Å². The molecule has 0 atom stereocenters. The number of aryl methyl sites for hydroxylation is 2. The van der Waals surface area contributed by atoms with Crippen LogP contribution in [0, 0.1) is 13.8 Å². The fourth-order valence-electron chi connectivity index (χ4n) is 3.84. The lowest BCUT2D eigenvalue weighted by Gasteiger charge is -2.12. The summed E-state index contributed by atoms with van der Waals surface area (Å²) < 4.78 is 18.0. The zero-order valence-electron chi connectivity index (χ0n) is 20.9. The molecule has 1 heterocycles. The van der Waals surface area contributed by atoms with Crippen molar-refractivity contribution in [3.05, 3.63) is 46.8 Å². The monoisotopic (exact) mass is 472 g/mol. The van der Waals surface area contributed by atoms with Gasteiger partial charge in [0.2, 0.25) is 11.7 Å². The van der Waals surface area contributed by atoms with Gasteiger partial charge in [-0.3, -0.25) is 14.4 Å². The van der Waals surface area contributed by atoms with Crippen LogP contribution in [0.4, 0.5) is 0 Å². The second-order valence-electron chi connectivity index (χ2n) is 8.25. The van der Waals surface area contributed by atoms with Gasteiger partial charge in [-0.2, -0.15) is 0 Å². The lowest BCUT2D eigenvalue weighted by Crippen LogP contribution is -2.20. The summed E-state index contributed by atoms with van der Waals surface area (Å²) in [6, 6.07) is 7.69. The summed E-state index contributed by atoms with van der Waals surface area (Å²) in [4.78, 5) is 35.5. The summed E-state index contributed by atoms with van der Waals surface area (Å²) in [5, 5.41) is 2.72. The summed E-state index contributed by atoms with van der Waals surface area (Å²) in [6.45, 7) is 6.40. The number of ketones is 1. The molecule has 0 aliphatic heterocycles. The van der Waals surface area contributed by atoms with E-state index in [1.54, 1.807) is 14.2 Å². The highest BCUT2D eigenvalue weighted by Gasteiger charge is 2.17. The minimum Gasteiger partial charge on any atom is -0.493 e. The third kappa shape index (κ3) is 7.93. The predicted octanol–water partition coefficient (Wildman–Crippen LogP) is 3.79. The Balaban J connectivity index is 1.85. The molecule has 8 nitrogen and oxygen atoms in total. The molecule has 2 rings (SSSR count). The molecular formula is C26H36N2O6. The molecule has 0 bridgehead atoms. The SMILES string of the molecule is COc1ccc(CCn2c(C)cc(C(=O)COC(=O)CCCCCNC(C)=O)c2C)cc1OC. The van der Waals surface area contributed by atoms with Crippen LogP contribution in [0.1, 0.15) is 59.9 Å². The predicted molar refractivity (Wildman–Crippen MR) is 130 cm³/mol. The first kappa shape index (κ1) is 27.0. The normalized spacial score (nSPS) is 10.6. The van der Waals surface area contributed by atoms with Crippen molar-refractivity contribution < 1.29 is 28.6 Å². The molecule has 8 heteroatoms. The lowest BCUT2D eigenvalue weighted by molar-refractivity contribution is -0.142. The van der Waals surface area contributed by atoms with Crippen molar-refractivity contribution in [3.63, 3.8) is 0 Å². The molecule has 1 N–H and O–H groups in total. The zero-order valence-corrected chi connectivity index (χ0v) is 20.9. The third-order valence-electron chi connectivity index (χ3n) is 5.74. The number of Topliss-reactive ketones (excluding diaryl/α,β-unsaturated/α-hetero) is 1. The van der Waals surface area contributed by atoms with E-state index >= 15 is 0 Å². The first-order valence-electron chi connectivity index (χ1n) is 11.6. The third-order valence-corrected chi connectivity index (χ3v) is 5.74. The smallest absolute Gasteiger partial charge is 0.306 e. The van der Waals surface area contributed by atoms with Crippen LogP contribution in [0.25, 0.3) is 0 Å². The molecular weight excluding hydrogens is 436 g/mol. The van der Waals surface area contributed by atoms with E-state index < -0.39 is 0 Å². The van der Waals surface area contributed by atoms with Gasteiger partial charge < -0.3 is 24.1 Å². The van der Waals surface area contributed by atoms with E-state index in [1.165, 1.54) is 6.92 Å². The molecule has 0 fully saturated rings. The van der Waals surface area contributed by atoms with Gasteiger partial charge in [0.15, 0.2) is 18.1 Å². The van der Waals surface area contributed by atoms with Crippen LogP contribution in [-0.4, -0.2) is 49.6 Å². The first-order valence-corrected chi connectivity index (χ1v) is 11.6. The minimum atomic E-state index is -0.380. The van der Waals surface area contributed by atoms with Crippen molar-refractivity contribution >= 4 is 17.7 Å². The van der Waals surface area contributed by atoms with Crippen molar-refractivity contribution in [3.8, 4) is 11.5 Å². The maximum Gasteiger partial charge on any atom is 0.306 e. The molecule has 0 saturated heterocycles. The van der Waals surface area contributed by atoms with Crippen molar-refractivity contribution in [1.82, 2.24) is 9.88 Å². The van der Waals surface area contributed by atoms with Gasteiger partial charge >= 0.3 is 5.97 Å². The molecule has 0 aliphatic rings. The van der Waals surface area contributed by atoms with Gasteiger partial charge in [0.05, 0.1) is 14.2 Å². The van der Waals surface area contributed by atoms with E-state index in [2.05, 4.69) is 9.88 Å². The van der Waals surface area contributed by atoms with Gasteiger partial charge in [0.25, 0.3) is 0 Å². The molecule has 0 saturated carbocycles. The van der Waals surface area contributed by atoms with Crippen LogP contribution in [0.5, 0.6) is 11.5 Å². The van der Waals surface area contributed by atoms with E-state index in [-0.39, 0.29) is 30.7 Å². The summed E-state index contributed by atoms with van der Waals surface area (Å²) in [5.74, 6) is 0.733. The molecule has 0 unspecified atom stereocenters. The number of unbranched alkanes of at least 4 members (excludes halogenated alkanes) is 2. The van der Waals surface area contributed by atoms with Crippen LogP contribution in [-0.2, 0) is 27.3 Å². The lowest BCUT2D eigenvalue weighted by atomic mass is 10.1. The highest BCUT2D eigenvalue weighted by molar-refractivity contribution is 5.99. The molecule has 1 aromatic carbocycles. The fourth-order valence-corrected chi connectivity index (χ4v) is 3.84. The number of hydrogen-bond donors (Lipinski definition) is 1. The molecule has 186 valence electrons. The van der Waals surface area contributed by atoms with E-state index in [4.69, 9.17) is 14.2 Å². The molecule has 0 radical (unpaired) electrons. The number of amides is 1. The molecule has 2 aromatic rings. The Morgan fingerprint density at radius 2 is 1.71 bits per heavy atom. The molecule has 0 spiro atoms. The number of nitrogens with one attached hydrogen (secondary N) is 1. The van der Waals surface area contributed by atoms with Crippen LogP contribution in [0.2, 0.25) is 0 Å².